The maximum atomic E-state index is 10.9. The summed E-state index contributed by atoms with van der Waals surface area (Å²) in [7, 11) is 2.88. The van der Waals surface area contributed by atoms with Crippen LogP contribution in [0.15, 0.2) is 17.2 Å². The number of hydrogen-bond acceptors (Lipinski definition) is 7. The van der Waals surface area contributed by atoms with Crippen molar-refractivity contribution in [2.24, 2.45) is 5.10 Å². The molecule has 3 N–H and O–H groups in total. The van der Waals surface area contributed by atoms with E-state index in [4.69, 9.17) is 21.7 Å². The number of methoxy groups -OCH3 is 2. The summed E-state index contributed by atoms with van der Waals surface area (Å²) in [5, 5.41) is 27.7. The van der Waals surface area contributed by atoms with E-state index in [1.54, 1.807) is 7.11 Å². The summed E-state index contributed by atoms with van der Waals surface area (Å²) >= 11 is 5.03. The van der Waals surface area contributed by atoms with Crippen molar-refractivity contribution < 1.29 is 19.5 Å². The van der Waals surface area contributed by atoms with Gasteiger partial charge in [-0.25, -0.2) is 0 Å². The Kier molecular flexibility index (Phi) is 7.16. The Balaban J connectivity index is 2.78. The molecule has 0 aliphatic rings. The van der Waals surface area contributed by atoms with Crippen LogP contribution in [-0.2, 0) is 4.74 Å². The number of nitrogens with one attached hydrogen (secondary N) is 2. The molecule has 1 aromatic rings. The molecule has 0 unspecified atom stereocenters. The van der Waals surface area contributed by atoms with Crippen molar-refractivity contribution >= 4 is 29.2 Å². The zero-order chi connectivity index (χ0) is 17.4. The van der Waals surface area contributed by atoms with Crippen molar-refractivity contribution in [3.05, 3.63) is 27.8 Å². The van der Waals surface area contributed by atoms with Crippen LogP contribution in [0.2, 0.25) is 0 Å². The summed E-state index contributed by atoms with van der Waals surface area (Å²) in [5.41, 5.74) is 2.48. The highest BCUT2D eigenvalue weighted by atomic mass is 32.1. The molecule has 126 valence electrons. The standard InChI is InChI=1S/C13H18N4O5S/c1-8(7-21-2)15-13(23)16-14-6-9-4-10(17(19)20)12(18)11(5-9)22-3/h4-6,8,18H,7H2,1-3H3,(H2,15,16,23)/b14-6-/t8-/m0/s1. The zero-order valence-electron chi connectivity index (χ0n) is 12.9. The third-order valence-electron chi connectivity index (χ3n) is 2.67. The molecule has 0 amide bonds. The minimum Gasteiger partial charge on any atom is -0.500 e. The quantitative estimate of drug-likeness (QED) is 0.292. The van der Waals surface area contributed by atoms with Crippen LogP contribution < -0.4 is 15.5 Å². The van der Waals surface area contributed by atoms with E-state index in [0.29, 0.717) is 12.2 Å². The lowest BCUT2D eigenvalue weighted by atomic mass is 10.2. The second kappa shape index (κ2) is 8.86. The van der Waals surface area contributed by atoms with E-state index in [1.165, 1.54) is 25.5 Å². The molecule has 0 saturated carbocycles. The average Bonchev–Trinajstić information content (AvgIpc) is 2.48. The zero-order valence-corrected chi connectivity index (χ0v) is 13.7. The van der Waals surface area contributed by atoms with Gasteiger partial charge in [0.2, 0.25) is 5.75 Å². The van der Waals surface area contributed by atoms with E-state index in [1.807, 2.05) is 6.92 Å². The van der Waals surface area contributed by atoms with Gasteiger partial charge < -0.3 is 19.9 Å². The van der Waals surface area contributed by atoms with Gasteiger partial charge >= 0.3 is 5.69 Å². The number of hydrazone groups is 1. The van der Waals surface area contributed by atoms with Crippen LogP contribution in [0.4, 0.5) is 5.69 Å². The first-order valence-electron chi connectivity index (χ1n) is 6.53. The predicted octanol–water partition coefficient (Wildman–Crippen LogP) is 1.14. The van der Waals surface area contributed by atoms with Gasteiger partial charge in [0.1, 0.15) is 0 Å². The van der Waals surface area contributed by atoms with Crippen molar-refractivity contribution in [1.29, 1.82) is 0 Å². The number of phenolic OH excluding ortho intramolecular Hbond substituents is 1. The van der Waals surface area contributed by atoms with Crippen molar-refractivity contribution in [2.45, 2.75) is 13.0 Å². The van der Waals surface area contributed by atoms with Gasteiger partial charge in [-0.05, 0) is 25.2 Å². The van der Waals surface area contributed by atoms with E-state index in [0.717, 1.165) is 0 Å². The molecule has 1 atom stereocenters. The van der Waals surface area contributed by atoms with E-state index < -0.39 is 16.4 Å². The third kappa shape index (κ3) is 5.68. The molecule has 0 aromatic heterocycles. The highest BCUT2D eigenvalue weighted by Crippen LogP contribution is 2.36. The van der Waals surface area contributed by atoms with E-state index >= 15 is 0 Å². The summed E-state index contributed by atoms with van der Waals surface area (Å²) in [6, 6.07) is 2.59. The predicted molar refractivity (Wildman–Crippen MR) is 89.1 cm³/mol. The van der Waals surface area contributed by atoms with Crippen LogP contribution in [0.25, 0.3) is 0 Å². The van der Waals surface area contributed by atoms with Gasteiger partial charge in [-0.2, -0.15) is 5.10 Å². The minimum atomic E-state index is -0.707. The van der Waals surface area contributed by atoms with Crippen LogP contribution in [0.5, 0.6) is 11.5 Å². The Morgan fingerprint density at radius 2 is 2.26 bits per heavy atom. The molecular weight excluding hydrogens is 324 g/mol. The molecule has 23 heavy (non-hydrogen) atoms. The molecule has 1 aromatic carbocycles. The first kappa shape index (κ1) is 18.6. The number of hydrogen-bond donors (Lipinski definition) is 3. The highest BCUT2D eigenvalue weighted by Gasteiger charge is 2.19. The Morgan fingerprint density at radius 3 is 2.83 bits per heavy atom. The molecule has 10 heteroatoms. The monoisotopic (exact) mass is 342 g/mol. The summed E-state index contributed by atoms with van der Waals surface area (Å²) in [5.74, 6) is -0.553. The number of aromatic hydroxyl groups is 1. The lowest BCUT2D eigenvalue weighted by molar-refractivity contribution is -0.386. The molecule has 0 fully saturated rings. The van der Waals surface area contributed by atoms with Crippen LogP contribution in [0.1, 0.15) is 12.5 Å². The molecule has 0 spiro atoms. The highest BCUT2D eigenvalue weighted by molar-refractivity contribution is 7.80. The Bertz CT molecular complexity index is 608. The molecular formula is C13H18N4O5S. The molecule has 1 rings (SSSR count). The Labute approximate surface area is 138 Å². The van der Waals surface area contributed by atoms with Crippen LogP contribution in [0.3, 0.4) is 0 Å². The maximum Gasteiger partial charge on any atom is 0.315 e. The van der Waals surface area contributed by atoms with Crippen molar-refractivity contribution in [1.82, 2.24) is 10.7 Å². The van der Waals surface area contributed by atoms with Gasteiger partial charge in [0.25, 0.3) is 0 Å². The van der Waals surface area contributed by atoms with Gasteiger partial charge in [0, 0.05) is 24.8 Å². The third-order valence-corrected chi connectivity index (χ3v) is 2.88. The summed E-state index contributed by atoms with van der Waals surface area (Å²) < 4.78 is 9.86. The van der Waals surface area contributed by atoms with Gasteiger partial charge in [0.05, 0.1) is 24.9 Å². The maximum absolute atomic E-state index is 10.9. The molecule has 0 saturated heterocycles. The number of nitrogens with zero attached hydrogens (tertiary/aromatic N) is 2. The fraction of sp³-hybridized carbons (Fsp3) is 0.385. The summed E-state index contributed by atoms with van der Waals surface area (Å²) in [6.45, 7) is 2.36. The number of ether oxygens (including phenoxy) is 2. The summed E-state index contributed by atoms with van der Waals surface area (Å²) in [6.07, 6.45) is 1.32. The molecule has 9 nitrogen and oxygen atoms in total. The number of phenols is 1. The van der Waals surface area contributed by atoms with Crippen LogP contribution in [-0.4, -0.2) is 48.2 Å². The normalized spacial score (nSPS) is 12.0. The van der Waals surface area contributed by atoms with Gasteiger partial charge in [0.15, 0.2) is 10.9 Å². The number of nitro benzene ring substituents is 1. The molecule has 0 aliphatic carbocycles. The molecule has 0 aliphatic heterocycles. The van der Waals surface area contributed by atoms with Gasteiger partial charge in [-0.1, -0.05) is 0 Å². The molecule has 0 bridgehead atoms. The second-order valence-corrected chi connectivity index (χ2v) is 4.96. The average molecular weight is 342 g/mol. The van der Waals surface area contributed by atoms with Crippen LogP contribution >= 0.6 is 12.2 Å². The van der Waals surface area contributed by atoms with E-state index in [9.17, 15) is 15.2 Å². The molecule has 0 heterocycles. The topological polar surface area (TPSA) is 118 Å². The Morgan fingerprint density at radius 1 is 1.57 bits per heavy atom. The smallest absolute Gasteiger partial charge is 0.315 e. The number of rotatable bonds is 7. The van der Waals surface area contributed by atoms with Gasteiger partial charge in [-0.15, -0.1) is 0 Å². The molecule has 0 radical (unpaired) electrons. The lowest BCUT2D eigenvalue weighted by Gasteiger charge is -2.13. The largest absolute Gasteiger partial charge is 0.500 e. The fourth-order valence-corrected chi connectivity index (χ4v) is 1.95. The SMILES string of the molecule is COC[C@H](C)NC(=S)N/N=C\c1cc(OC)c(O)c([N+](=O)[O-])c1. The van der Waals surface area contributed by atoms with E-state index in [2.05, 4.69) is 15.8 Å². The first-order valence-corrected chi connectivity index (χ1v) is 6.93. The second-order valence-electron chi connectivity index (χ2n) is 4.55. The first-order chi connectivity index (χ1) is 10.9. The lowest BCUT2D eigenvalue weighted by Crippen LogP contribution is -2.40. The Hall–Kier alpha value is -2.46. The van der Waals surface area contributed by atoms with Crippen molar-refractivity contribution in [3.63, 3.8) is 0 Å². The van der Waals surface area contributed by atoms with E-state index in [-0.39, 0.29) is 16.9 Å². The fourth-order valence-electron chi connectivity index (χ4n) is 1.70. The number of thiocarbonyl (C=S) groups is 1. The minimum absolute atomic E-state index is 0.00468. The van der Waals surface area contributed by atoms with Crippen LogP contribution in [0, 0.1) is 10.1 Å². The number of nitro groups is 1. The van der Waals surface area contributed by atoms with Crippen molar-refractivity contribution in [3.8, 4) is 11.5 Å². The van der Waals surface area contributed by atoms with Gasteiger partial charge in [-0.3, -0.25) is 15.5 Å². The summed E-state index contributed by atoms with van der Waals surface area (Å²) in [4.78, 5) is 10.2. The van der Waals surface area contributed by atoms with Crippen molar-refractivity contribution in [2.75, 3.05) is 20.8 Å². The number of benzene rings is 1.